The normalized spacial score (nSPS) is 11.1. The van der Waals surface area contributed by atoms with Gasteiger partial charge in [0, 0.05) is 11.2 Å². The fourth-order valence-electron chi connectivity index (χ4n) is 2.80. The van der Waals surface area contributed by atoms with Crippen molar-refractivity contribution in [1.29, 1.82) is 0 Å². The SMILES string of the molecule is CCOc1cc(C=Nc2ccc(C)c(C)c2)cc(I)c1OCc1cccc(Cl)c1. The van der Waals surface area contributed by atoms with E-state index in [-0.39, 0.29) is 0 Å². The number of benzene rings is 3. The summed E-state index contributed by atoms with van der Waals surface area (Å²) in [5.41, 5.74) is 5.40. The van der Waals surface area contributed by atoms with Crippen molar-refractivity contribution in [3.8, 4) is 11.5 Å². The molecule has 3 aromatic carbocycles. The molecule has 0 heterocycles. The van der Waals surface area contributed by atoms with E-state index in [1.54, 1.807) is 0 Å². The van der Waals surface area contributed by atoms with Crippen molar-refractivity contribution in [2.24, 2.45) is 4.99 Å². The van der Waals surface area contributed by atoms with Gasteiger partial charge in [0.15, 0.2) is 11.5 Å². The molecule has 0 aliphatic carbocycles. The summed E-state index contributed by atoms with van der Waals surface area (Å²) in [6, 6.07) is 17.9. The average molecular weight is 520 g/mol. The van der Waals surface area contributed by atoms with Gasteiger partial charge in [0.05, 0.1) is 15.9 Å². The van der Waals surface area contributed by atoms with E-state index < -0.39 is 0 Å². The zero-order valence-electron chi connectivity index (χ0n) is 16.7. The van der Waals surface area contributed by atoms with Gasteiger partial charge < -0.3 is 9.47 Å². The van der Waals surface area contributed by atoms with E-state index in [2.05, 4.69) is 53.6 Å². The standard InChI is InChI=1S/C24H23ClINO2/c1-4-28-23-13-19(14-27-21-9-8-16(2)17(3)10-21)12-22(26)24(23)29-15-18-6-5-7-20(25)11-18/h5-14H,4,15H2,1-3H3. The first-order valence-corrected chi connectivity index (χ1v) is 10.9. The molecule has 0 fully saturated rings. The van der Waals surface area contributed by atoms with Crippen LogP contribution in [0.15, 0.2) is 59.6 Å². The second-order valence-electron chi connectivity index (χ2n) is 6.71. The fourth-order valence-corrected chi connectivity index (χ4v) is 3.80. The lowest BCUT2D eigenvalue weighted by molar-refractivity contribution is 0.267. The Kier molecular flexibility index (Phi) is 7.56. The third kappa shape index (κ3) is 5.97. The van der Waals surface area contributed by atoms with Gasteiger partial charge in [-0.3, -0.25) is 4.99 Å². The highest BCUT2D eigenvalue weighted by Gasteiger charge is 2.12. The monoisotopic (exact) mass is 519 g/mol. The van der Waals surface area contributed by atoms with Crippen LogP contribution in [-0.2, 0) is 6.61 Å². The average Bonchev–Trinajstić information content (AvgIpc) is 2.68. The number of rotatable bonds is 7. The van der Waals surface area contributed by atoms with E-state index in [1.807, 2.05) is 55.6 Å². The molecule has 0 bridgehead atoms. The maximum absolute atomic E-state index is 6.07. The lowest BCUT2D eigenvalue weighted by Gasteiger charge is -2.15. The maximum Gasteiger partial charge on any atom is 0.175 e. The number of ether oxygens (including phenoxy) is 2. The molecule has 0 aliphatic heterocycles. The molecule has 29 heavy (non-hydrogen) atoms. The molecular formula is C24H23ClINO2. The van der Waals surface area contributed by atoms with Crippen molar-refractivity contribution in [2.45, 2.75) is 27.4 Å². The third-order valence-electron chi connectivity index (χ3n) is 4.46. The molecule has 0 radical (unpaired) electrons. The largest absolute Gasteiger partial charge is 0.490 e. The Labute approximate surface area is 190 Å². The van der Waals surface area contributed by atoms with Crippen molar-refractivity contribution < 1.29 is 9.47 Å². The molecular weight excluding hydrogens is 497 g/mol. The number of aliphatic imine (C=N–C) groups is 1. The van der Waals surface area contributed by atoms with Crippen LogP contribution >= 0.6 is 34.2 Å². The highest BCUT2D eigenvalue weighted by Crippen LogP contribution is 2.35. The molecule has 150 valence electrons. The molecule has 0 saturated heterocycles. The molecule has 3 rings (SSSR count). The van der Waals surface area contributed by atoms with Gasteiger partial charge in [0.2, 0.25) is 0 Å². The summed E-state index contributed by atoms with van der Waals surface area (Å²) in [5, 5.41) is 0.698. The van der Waals surface area contributed by atoms with Crippen LogP contribution in [0.5, 0.6) is 11.5 Å². The van der Waals surface area contributed by atoms with Crippen molar-refractivity contribution >= 4 is 46.1 Å². The van der Waals surface area contributed by atoms with Crippen LogP contribution in [0.4, 0.5) is 5.69 Å². The van der Waals surface area contributed by atoms with Crippen molar-refractivity contribution in [2.75, 3.05) is 6.61 Å². The Hall–Kier alpha value is -2.05. The summed E-state index contributed by atoms with van der Waals surface area (Å²) in [5.74, 6) is 1.44. The quantitative estimate of drug-likeness (QED) is 0.242. The molecule has 0 unspecified atom stereocenters. The molecule has 0 aromatic heterocycles. The van der Waals surface area contributed by atoms with E-state index in [0.717, 1.165) is 26.1 Å². The molecule has 3 aromatic rings. The van der Waals surface area contributed by atoms with Gasteiger partial charge >= 0.3 is 0 Å². The van der Waals surface area contributed by atoms with Crippen LogP contribution in [0, 0.1) is 17.4 Å². The van der Waals surface area contributed by atoms with Gasteiger partial charge in [-0.05, 0) is 102 Å². The molecule has 0 saturated carbocycles. The molecule has 5 heteroatoms. The van der Waals surface area contributed by atoms with E-state index in [1.165, 1.54) is 11.1 Å². The molecule has 0 aliphatic rings. The summed E-state index contributed by atoms with van der Waals surface area (Å²) in [6.07, 6.45) is 1.86. The van der Waals surface area contributed by atoms with Crippen LogP contribution < -0.4 is 9.47 Å². The lowest BCUT2D eigenvalue weighted by atomic mass is 10.1. The summed E-state index contributed by atoms with van der Waals surface area (Å²) >= 11 is 8.34. The van der Waals surface area contributed by atoms with Gasteiger partial charge in [-0.15, -0.1) is 0 Å². The molecule has 0 atom stereocenters. The predicted molar refractivity (Wildman–Crippen MR) is 129 cm³/mol. The van der Waals surface area contributed by atoms with E-state index >= 15 is 0 Å². The van der Waals surface area contributed by atoms with Gasteiger partial charge in [-0.1, -0.05) is 29.8 Å². The lowest BCUT2D eigenvalue weighted by Crippen LogP contribution is -2.02. The Morgan fingerprint density at radius 3 is 2.55 bits per heavy atom. The minimum Gasteiger partial charge on any atom is -0.490 e. The molecule has 0 amide bonds. The zero-order valence-corrected chi connectivity index (χ0v) is 19.6. The first-order valence-electron chi connectivity index (χ1n) is 9.41. The third-order valence-corrected chi connectivity index (χ3v) is 5.49. The minimum atomic E-state index is 0.423. The first kappa shape index (κ1) is 21.7. The summed E-state index contributed by atoms with van der Waals surface area (Å²) in [7, 11) is 0. The predicted octanol–water partition coefficient (Wildman–Crippen LogP) is 7.29. The summed E-state index contributed by atoms with van der Waals surface area (Å²) in [4.78, 5) is 4.61. The van der Waals surface area contributed by atoms with Crippen molar-refractivity contribution in [3.05, 3.63) is 85.4 Å². The molecule has 0 spiro atoms. The Balaban J connectivity index is 1.83. The Morgan fingerprint density at radius 1 is 1.00 bits per heavy atom. The zero-order chi connectivity index (χ0) is 20.8. The molecule has 0 N–H and O–H groups in total. The van der Waals surface area contributed by atoms with Gasteiger partial charge in [0.25, 0.3) is 0 Å². The fraction of sp³-hybridized carbons (Fsp3) is 0.208. The van der Waals surface area contributed by atoms with Crippen LogP contribution in [0.3, 0.4) is 0 Å². The highest BCUT2D eigenvalue weighted by molar-refractivity contribution is 14.1. The van der Waals surface area contributed by atoms with Gasteiger partial charge in [-0.25, -0.2) is 0 Å². The second kappa shape index (κ2) is 10.1. The number of halogens is 2. The van der Waals surface area contributed by atoms with E-state index in [9.17, 15) is 0 Å². The minimum absolute atomic E-state index is 0.423. The number of hydrogen-bond acceptors (Lipinski definition) is 3. The first-order chi connectivity index (χ1) is 14.0. The maximum atomic E-state index is 6.07. The van der Waals surface area contributed by atoms with Crippen LogP contribution in [0.25, 0.3) is 0 Å². The highest BCUT2D eigenvalue weighted by atomic mass is 127. The van der Waals surface area contributed by atoms with Crippen LogP contribution in [-0.4, -0.2) is 12.8 Å². The number of hydrogen-bond donors (Lipinski definition) is 0. The van der Waals surface area contributed by atoms with E-state index in [4.69, 9.17) is 21.1 Å². The Bertz CT molecular complexity index is 1030. The van der Waals surface area contributed by atoms with Gasteiger partial charge in [0.1, 0.15) is 6.61 Å². The second-order valence-corrected chi connectivity index (χ2v) is 8.31. The van der Waals surface area contributed by atoms with Gasteiger partial charge in [-0.2, -0.15) is 0 Å². The van der Waals surface area contributed by atoms with E-state index in [0.29, 0.717) is 24.0 Å². The molecule has 3 nitrogen and oxygen atoms in total. The number of nitrogens with zero attached hydrogens (tertiary/aromatic N) is 1. The smallest absolute Gasteiger partial charge is 0.175 e. The van der Waals surface area contributed by atoms with Crippen LogP contribution in [0.2, 0.25) is 5.02 Å². The summed E-state index contributed by atoms with van der Waals surface area (Å²) < 4.78 is 12.9. The Morgan fingerprint density at radius 2 is 1.83 bits per heavy atom. The topological polar surface area (TPSA) is 30.8 Å². The number of aryl methyl sites for hydroxylation is 2. The summed E-state index contributed by atoms with van der Waals surface area (Å²) in [6.45, 7) is 7.13. The van der Waals surface area contributed by atoms with Crippen molar-refractivity contribution in [1.82, 2.24) is 0 Å². The van der Waals surface area contributed by atoms with Crippen LogP contribution in [0.1, 0.15) is 29.2 Å². The van der Waals surface area contributed by atoms with Crippen molar-refractivity contribution in [3.63, 3.8) is 0 Å².